The zero-order valence-corrected chi connectivity index (χ0v) is 13.0. The molecule has 0 aliphatic carbocycles. The van der Waals surface area contributed by atoms with Crippen LogP contribution in [0.4, 0.5) is 4.39 Å². The monoisotopic (exact) mass is 278 g/mol. The summed E-state index contributed by atoms with van der Waals surface area (Å²) in [5.41, 5.74) is 2.30. The number of aryl methyl sites for hydroxylation is 1. The fraction of sp³-hybridized carbons (Fsp3) is 0.647. The molecule has 1 aromatic carbocycles. The average Bonchev–Trinajstić information content (AvgIpc) is 2.58. The van der Waals surface area contributed by atoms with Crippen molar-refractivity contribution < 1.29 is 4.39 Å². The first-order valence-electron chi connectivity index (χ1n) is 7.75. The molecular weight excluding hydrogens is 251 g/mol. The van der Waals surface area contributed by atoms with Crippen molar-refractivity contribution in [3.63, 3.8) is 0 Å². The summed E-state index contributed by atoms with van der Waals surface area (Å²) in [5, 5.41) is 3.64. The van der Waals surface area contributed by atoms with Gasteiger partial charge in [0.25, 0.3) is 0 Å². The first kappa shape index (κ1) is 15.5. The maximum Gasteiger partial charge on any atom is 0.123 e. The molecule has 112 valence electrons. The van der Waals surface area contributed by atoms with Crippen molar-refractivity contribution in [2.45, 2.75) is 46.2 Å². The first-order valence-corrected chi connectivity index (χ1v) is 7.75. The van der Waals surface area contributed by atoms with Gasteiger partial charge in [0, 0.05) is 19.1 Å². The predicted octanol–water partition coefficient (Wildman–Crippen LogP) is 3.34. The Labute approximate surface area is 122 Å². The maximum absolute atomic E-state index is 13.4. The van der Waals surface area contributed by atoms with Gasteiger partial charge in [-0.3, -0.25) is 4.90 Å². The first-order chi connectivity index (χ1) is 9.54. The van der Waals surface area contributed by atoms with Gasteiger partial charge < -0.3 is 5.32 Å². The molecule has 2 rings (SSSR count). The van der Waals surface area contributed by atoms with Crippen molar-refractivity contribution in [1.29, 1.82) is 0 Å². The molecule has 1 aliphatic heterocycles. The molecule has 0 aromatic heterocycles. The molecule has 0 spiro atoms. The van der Waals surface area contributed by atoms with Crippen molar-refractivity contribution >= 4 is 0 Å². The largest absolute Gasteiger partial charge is 0.313 e. The Morgan fingerprint density at radius 1 is 1.40 bits per heavy atom. The lowest BCUT2D eigenvalue weighted by Crippen LogP contribution is -2.38. The van der Waals surface area contributed by atoms with E-state index in [9.17, 15) is 4.39 Å². The minimum Gasteiger partial charge on any atom is -0.313 e. The maximum atomic E-state index is 13.4. The standard InChI is InChI=1S/C17H27FN2/c1-13(2)9-17-12-20(8-4-7-19-17)11-15-10-16(18)6-5-14(15)3/h5-6,10,13,17,19H,4,7-9,11-12H2,1-3H3. The summed E-state index contributed by atoms with van der Waals surface area (Å²) >= 11 is 0. The van der Waals surface area contributed by atoms with Gasteiger partial charge in [0.05, 0.1) is 0 Å². The van der Waals surface area contributed by atoms with E-state index in [2.05, 4.69) is 31.0 Å². The van der Waals surface area contributed by atoms with Gasteiger partial charge in [-0.05, 0) is 62.0 Å². The zero-order chi connectivity index (χ0) is 14.5. The molecule has 0 amide bonds. The third-order valence-electron chi connectivity index (χ3n) is 4.02. The van der Waals surface area contributed by atoms with Gasteiger partial charge in [0.1, 0.15) is 5.82 Å². The summed E-state index contributed by atoms with van der Waals surface area (Å²) in [6, 6.07) is 5.67. The molecule has 3 heteroatoms. The fourth-order valence-electron chi connectivity index (χ4n) is 3.00. The van der Waals surface area contributed by atoms with E-state index < -0.39 is 0 Å². The van der Waals surface area contributed by atoms with E-state index >= 15 is 0 Å². The normalized spacial score (nSPS) is 21.1. The lowest BCUT2D eigenvalue weighted by Gasteiger charge is -2.26. The van der Waals surface area contributed by atoms with Crippen molar-refractivity contribution in [1.82, 2.24) is 10.2 Å². The Morgan fingerprint density at radius 3 is 2.95 bits per heavy atom. The Balaban J connectivity index is 2.01. The summed E-state index contributed by atoms with van der Waals surface area (Å²) in [5.74, 6) is 0.584. The highest BCUT2D eigenvalue weighted by Crippen LogP contribution is 2.16. The zero-order valence-electron chi connectivity index (χ0n) is 13.0. The van der Waals surface area contributed by atoms with E-state index in [1.165, 1.54) is 18.4 Å². The molecule has 1 unspecified atom stereocenters. The molecule has 1 N–H and O–H groups in total. The minimum atomic E-state index is -0.128. The van der Waals surface area contributed by atoms with Gasteiger partial charge in [0.2, 0.25) is 0 Å². The number of nitrogens with zero attached hydrogens (tertiary/aromatic N) is 1. The van der Waals surface area contributed by atoms with E-state index in [4.69, 9.17) is 0 Å². The van der Waals surface area contributed by atoms with Crippen LogP contribution in [0.1, 0.15) is 37.8 Å². The second-order valence-corrected chi connectivity index (χ2v) is 6.44. The van der Waals surface area contributed by atoms with Crippen molar-refractivity contribution in [3.05, 3.63) is 35.1 Å². The summed E-state index contributed by atoms with van der Waals surface area (Å²) in [6.07, 6.45) is 2.38. The van der Waals surface area contributed by atoms with E-state index in [-0.39, 0.29) is 5.82 Å². The van der Waals surface area contributed by atoms with Crippen LogP contribution in [0.2, 0.25) is 0 Å². The third-order valence-corrected chi connectivity index (χ3v) is 4.02. The summed E-state index contributed by atoms with van der Waals surface area (Å²) in [4.78, 5) is 2.47. The van der Waals surface area contributed by atoms with Crippen molar-refractivity contribution in [2.24, 2.45) is 5.92 Å². The van der Waals surface area contributed by atoms with E-state index in [0.29, 0.717) is 12.0 Å². The van der Waals surface area contributed by atoms with Crippen molar-refractivity contribution in [2.75, 3.05) is 19.6 Å². The molecule has 1 heterocycles. The van der Waals surface area contributed by atoms with Gasteiger partial charge in [0.15, 0.2) is 0 Å². The van der Waals surface area contributed by atoms with Crippen LogP contribution in [0.3, 0.4) is 0 Å². The van der Waals surface area contributed by atoms with E-state index in [1.807, 2.05) is 6.07 Å². The van der Waals surface area contributed by atoms with Crippen LogP contribution in [-0.2, 0) is 6.54 Å². The summed E-state index contributed by atoms with van der Waals surface area (Å²) in [6.45, 7) is 10.7. The second-order valence-electron chi connectivity index (χ2n) is 6.44. The number of rotatable bonds is 4. The Kier molecular flexibility index (Phi) is 5.55. The van der Waals surface area contributed by atoms with Crippen LogP contribution < -0.4 is 5.32 Å². The van der Waals surface area contributed by atoms with Gasteiger partial charge in [-0.2, -0.15) is 0 Å². The highest BCUT2D eigenvalue weighted by atomic mass is 19.1. The molecule has 1 aromatic rings. The SMILES string of the molecule is Cc1ccc(F)cc1CN1CCCNC(CC(C)C)C1. The molecular formula is C17H27FN2. The number of nitrogens with one attached hydrogen (secondary N) is 1. The van der Waals surface area contributed by atoms with Crippen LogP contribution in [0.15, 0.2) is 18.2 Å². The van der Waals surface area contributed by atoms with Gasteiger partial charge >= 0.3 is 0 Å². The second kappa shape index (κ2) is 7.19. The molecule has 0 radical (unpaired) electrons. The molecule has 1 fully saturated rings. The summed E-state index contributed by atoms with van der Waals surface area (Å²) < 4.78 is 13.4. The highest BCUT2D eigenvalue weighted by molar-refractivity contribution is 5.26. The predicted molar refractivity (Wildman–Crippen MR) is 82.3 cm³/mol. The smallest absolute Gasteiger partial charge is 0.123 e. The number of hydrogen-bond donors (Lipinski definition) is 1. The highest BCUT2D eigenvalue weighted by Gasteiger charge is 2.19. The van der Waals surface area contributed by atoms with Crippen LogP contribution >= 0.6 is 0 Å². The van der Waals surface area contributed by atoms with Gasteiger partial charge in [-0.15, -0.1) is 0 Å². The summed E-state index contributed by atoms with van der Waals surface area (Å²) in [7, 11) is 0. The fourth-order valence-corrected chi connectivity index (χ4v) is 3.00. The number of benzene rings is 1. The van der Waals surface area contributed by atoms with Gasteiger partial charge in [-0.1, -0.05) is 19.9 Å². The van der Waals surface area contributed by atoms with Crippen LogP contribution in [-0.4, -0.2) is 30.6 Å². The lowest BCUT2D eigenvalue weighted by atomic mass is 10.0. The average molecular weight is 278 g/mol. The third kappa shape index (κ3) is 4.57. The molecule has 1 aliphatic rings. The topological polar surface area (TPSA) is 15.3 Å². The minimum absolute atomic E-state index is 0.128. The lowest BCUT2D eigenvalue weighted by molar-refractivity contribution is 0.247. The molecule has 1 saturated heterocycles. The molecule has 1 atom stereocenters. The Morgan fingerprint density at radius 2 is 2.20 bits per heavy atom. The molecule has 0 saturated carbocycles. The van der Waals surface area contributed by atoms with Gasteiger partial charge in [-0.25, -0.2) is 4.39 Å². The van der Waals surface area contributed by atoms with E-state index in [1.54, 1.807) is 12.1 Å². The molecule has 0 bridgehead atoms. The van der Waals surface area contributed by atoms with Crippen LogP contribution in [0, 0.1) is 18.7 Å². The van der Waals surface area contributed by atoms with E-state index in [0.717, 1.165) is 31.7 Å². The van der Waals surface area contributed by atoms with Crippen LogP contribution in [0.5, 0.6) is 0 Å². The molecule has 20 heavy (non-hydrogen) atoms. The Hall–Kier alpha value is -0.930. The number of halogens is 1. The molecule has 2 nitrogen and oxygen atoms in total. The quantitative estimate of drug-likeness (QED) is 0.908. The van der Waals surface area contributed by atoms with Crippen molar-refractivity contribution in [3.8, 4) is 0 Å². The number of hydrogen-bond acceptors (Lipinski definition) is 2. The Bertz CT molecular complexity index is 431. The van der Waals surface area contributed by atoms with Crippen LogP contribution in [0.25, 0.3) is 0 Å².